The molecule has 4 aromatic rings. The van der Waals surface area contributed by atoms with Gasteiger partial charge in [-0.1, -0.05) is 35.5 Å². The molecule has 0 saturated heterocycles. The minimum Gasteiger partial charge on any atom is -0.366 e. The number of fused-ring (bicyclic) bond motifs is 1. The minimum absolute atomic E-state index is 0.0238. The molecule has 0 aliphatic heterocycles. The van der Waals surface area contributed by atoms with Gasteiger partial charge in [-0.15, -0.1) is 0 Å². The second-order valence-electron chi connectivity index (χ2n) is 6.81. The summed E-state index contributed by atoms with van der Waals surface area (Å²) in [6, 6.07) is 20.2. The molecule has 0 spiro atoms. The molecule has 9 heteroatoms. The van der Waals surface area contributed by atoms with E-state index in [4.69, 9.17) is 17.3 Å². The normalized spacial score (nSPS) is 10.8. The number of halogens is 1. The predicted octanol–water partition coefficient (Wildman–Crippen LogP) is 3.87. The third-order valence-corrected chi connectivity index (χ3v) is 5.81. The monoisotopic (exact) mass is 464 g/mol. The van der Waals surface area contributed by atoms with Crippen LogP contribution < -0.4 is 16.6 Å². The van der Waals surface area contributed by atoms with Crippen LogP contribution in [0.2, 0.25) is 5.02 Å². The van der Waals surface area contributed by atoms with Gasteiger partial charge in [-0.3, -0.25) is 19.0 Å². The van der Waals surface area contributed by atoms with Crippen LogP contribution in [0.5, 0.6) is 0 Å². The van der Waals surface area contributed by atoms with Crippen LogP contribution in [0.1, 0.15) is 10.4 Å². The molecule has 0 unspecified atom stereocenters. The maximum absolute atomic E-state index is 13.2. The summed E-state index contributed by atoms with van der Waals surface area (Å²) in [4.78, 5) is 41.5. The number of hydrogen-bond acceptors (Lipinski definition) is 5. The topological polar surface area (TPSA) is 107 Å². The number of rotatable bonds is 6. The smallest absolute Gasteiger partial charge is 0.266 e. The van der Waals surface area contributed by atoms with E-state index in [9.17, 15) is 14.4 Å². The lowest BCUT2D eigenvalue weighted by Gasteiger charge is -2.13. The fourth-order valence-corrected chi connectivity index (χ4v) is 4.01. The number of benzene rings is 3. The van der Waals surface area contributed by atoms with Gasteiger partial charge >= 0.3 is 0 Å². The fourth-order valence-electron chi connectivity index (χ4n) is 3.07. The van der Waals surface area contributed by atoms with Gasteiger partial charge in [-0.2, -0.15) is 0 Å². The number of nitrogens with zero attached hydrogens (tertiary/aromatic N) is 2. The molecule has 0 saturated carbocycles. The zero-order valence-corrected chi connectivity index (χ0v) is 18.2. The fraction of sp³-hybridized carbons (Fsp3) is 0.0435. The molecule has 0 aliphatic rings. The van der Waals surface area contributed by atoms with Crippen LogP contribution in [0, 0.1) is 0 Å². The van der Waals surface area contributed by atoms with Crippen molar-refractivity contribution in [2.75, 3.05) is 11.1 Å². The Labute approximate surface area is 192 Å². The number of aromatic nitrogens is 2. The van der Waals surface area contributed by atoms with Gasteiger partial charge in [0.15, 0.2) is 5.16 Å². The van der Waals surface area contributed by atoms with Crippen LogP contribution >= 0.6 is 23.4 Å². The molecule has 7 nitrogen and oxygen atoms in total. The van der Waals surface area contributed by atoms with Gasteiger partial charge in [-0.25, -0.2) is 4.98 Å². The lowest BCUT2D eigenvalue weighted by atomic mass is 10.2. The predicted molar refractivity (Wildman–Crippen MR) is 127 cm³/mol. The van der Waals surface area contributed by atoms with Gasteiger partial charge in [0, 0.05) is 16.3 Å². The number of nitrogens with one attached hydrogen (secondary N) is 1. The molecule has 2 amide bonds. The van der Waals surface area contributed by atoms with E-state index in [2.05, 4.69) is 10.3 Å². The maximum Gasteiger partial charge on any atom is 0.266 e. The van der Waals surface area contributed by atoms with Gasteiger partial charge in [-0.05, 0) is 60.7 Å². The summed E-state index contributed by atoms with van der Waals surface area (Å²) in [5.41, 5.74) is 7.02. The van der Waals surface area contributed by atoms with Crippen molar-refractivity contribution < 1.29 is 9.59 Å². The summed E-state index contributed by atoms with van der Waals surface area (Å²) in [5, 5.41) is 4.16. The third-order valence-electron chi connectivity index (χ3n) is 4.62. The molecule has 3 aromatic carbocycles. The lowest BCUT2D eigenvalue weighted by molar-refractivity contribution is -0.113. The van der Waals surface area contributed by atoms with Crippen molar-refractivity contribution in [2.45, 2.75) is 5.16 Å². The molecule has 0 bridgehead atoms. The molecule has 0 radical (unpaired) electrons. The van der Waals surface area contributed by atoms with Crippen molar-refractivity contribution in [3.05, 3.63) is 93.7 Å². The number of anilines is 1. The lowest BCUT2D eigenvalue weighted by Crippen LogP contribution is -2.23. The van der Waals surface area contributed by atoms with E-state index in [1.165, 1.54) is 16.7 Å². The average molecular weight is 465 g/mol. The first-order chi connectivity index (χ1) is 15.4. The van der Waals surface area contributed by atoms with E-state index >= 15 is 0 Å². The first kappa shape index (κ1) is 21.6. The summed E-state index contributed by atoms with van der Waals surface area (Å²) in [5.74, 6) is -0.802. The highest BCUT2D eigenvalue weighted by Crippen LogP contribution is 2.23. The maximum atomic E-state index is 13.2. The zero-order valence-electron chi connectivity index (χ0n) is 16.6. The van der Waals surface area contributed by atoms with Crippen LogP contribution in [-0.4, -0.2) is 27.1 Å². The van der Waals surface area contributed by atoms with Crippen LogP contribution in [0.25, 0.3) is 16.6 Å². The first-order valence-electron chi connectivity index (χ1n) is 9.52. The van der Waals surface area contributed by atoms with Crippen molar-refractivity contribution in [2.24, 2.45) is 5.73 Å². The minimum atomic E-state index is -0.541. The van der Waals surface area contributed by atoms with Gasteiger partial charge in [0.1, 0.15) is 0 Å². The number of amides is 2. The Balaban J connectivity index is 1.61. The number of para-hydroxylation sites is 1. The molecule has 160 valence electrons. The number of hydrogen-bond donors (Lipinski definition) is 2. The molecule has 0 aliphatic carbocycles. The Morgan fingerprint density at radius 3 is 2.38 bits per heavy atom. The number of thioether (sulfide) groups is 1. The van der Waals surface area contributed by atoms with Gasteiger partial charge in [0.2, 0.25) is 11.8 Å². The zero-order chi connectivity index (χ0) is 22.7. The van der Waals surface area contributed by atoms with Gasteiger partial charge in [0.05, 0.1) is 22.3 Å². The summed E-state index contributed by atoms with van der Waals surface area (Å²) in [7, 11) is 0. The second kappa shape index (κ2) is 9.25. The van der Waals surface area contributed by atoms with Crippen molar-refractivity contribution in [1.82, 2.24) is 9.55 Å². The van der Waals surface area contributed by atoms with E-state index in [-0.39, 0.29) is 17.2 Å². The van der Waals surface area contributed by atoms with Crippen molar-refractivity contribution in [3.8, 4) is 5.69 Å². The van der Waals surface area contributed by atoms with Crippen LogP contribution in [0.15, 0.2) is 82.7 Å². The van der Waals surface area contributed by atoms with E-state index in [1.54, 1.807) is 60.7 Å². The number of carbonyl (C=O) groups is 2. The van der Waals surface area contributed by atoms with E-state index < -0.39 is 5.91 Å². The highest BCUT2D eigenvalue weighted by molar-refractivity contribution is 7.99. The van der Waals surface area contributed by atoms with Crippen molar-refractivity contribution >= 4 is 51.8 Å². The summed E-state index contributed by atoms with van der Waals surface area (Å²) in [6.45, 7) is 0. The van der Waals surface area contributed by atoms with Crippen molar-refractivity contribution in [1.29, 1.82) is 0 Å². The number of nitrogens with two attached hydrogens (primary N) is 1. The SMILES string of the molecule is NC(=O)c1ccc(NC(=O)CSc2nc3ccccc3c(=O)n2-c2ccc(Cl)cc2)cc1. The Morgan fingerprint density at radius 1 is 1.00 bits per heavy atom. The summed E-state index contributed by atoms with van der Waals surface area (Å²) in [6.07, 6.45) is 0. The largest absolute Gasteiger partial charge is 0.366 e. The highest BCUT2D eigenvalue weighted by Gasteiger charge is 2.15. The molecule has 3 N–H and O–H groups in total. The standard InChI is InChI=1S/C23H17ClN4O3S/c24-15-7-11-17(12-8-15)28-22(31)18-3-1-2-4-19(18)27-23(28)32-13-20(29)26-16-9-5-14(6-10-16)21(25)30/h1-12H,13H2,(H2,25,30)(H,26,29). The van der Waals surface area contributed by atoms with Gasteiger partial charge < -0.3 is 11.1 Å². The third kappa shape index (κ3) is 4.66. The molecule has 4 rings (SSSR count). The van der Waals surface area contributed by atoms with E-state index in [0.717, 1.165) is 11.8 Å². The Kier molecular flexibility index (Phi) is 6.25. The van der Waals surface area contributed by atoms with Gasteiger partial charge in [0.25, 0.3) is 5.56 Å². The highest BCUT2D eigenvalue weighted by atomic mass is 35.5. The Morgan fingerprint density at radius 2 is 1.69 bits per heavy atom. The Hall–Kier alpha value is -3.62. The quantitative estimate of drug-likeness (QED) is 0.332. The average Bonchev–Trinajstić information content (AvgIpc) is 2.79. The molecule has 1 heterocycles. The molecule has 32 heavy (non-hydrogen) atoms. The first-order valence-corrected chi connectivity index (χ1v) is 10.9. The summed E-state index contributed by atoms with van der Waals surface area (Å²) >= 11 is 7.14. The molecule has 1 aromatic heterocycles. The molecular formula is C23H17ClN4O3S. The summed E-state index contributed by atoms with van der Waals surface area (Å²) < 4.78 is 1.47. The van der Waals surface area contributed by atoms with Crippen LogP contribution in [0.3, 0.4) is 0 Å². The van der Waals surface area contributed by atoms with E-state index in [0.29, 0.717) is 38.0 Å². The second-order valence-corrected chi connectivity index (χ2v) is 8.19. The van der Waals surface area contributed by atoms with Crippen LogP contribution in [0.4, 0.5) is 5.69 Å². The number of primary amides is 1. The van der Waals surface area contributed by atoms with Crippen molar-refractivity contribution in [3.63, 3.8) is 0 Å². The molecule has 0 fully saturated rings. The Bertz CT molecular complexity index is 1370. The molecule has 0 atom stereocenters. The van der Waals surface area contributed by atoms with Crippen LogP contribution in [-0.2, 0) is 4.79 Å². The van der Waals surface area contributed by atoms with E-state index in [1.807, 2.05) is 0 Å². The number of carbonyl (C=O) groups excluding carboxylic acids is 2. The molecular weight excluding hydrogens is 448 g/mol.